The van der Waals surface area contributed by atoms with Crippen molar-refractivity contribution >= 4 is 11.6 Å². The van der Waals surface area contributed by atoms with E-state index in [1.165, 1.54) is 12.3 Å². The summed E-state index contributed by atoms with van der Waals surface area (Å²) in [6, 6.07) is 6.38. The van der Waals surface area contributed by atoms with Gasteiger partial charge in [0.05, 0.1) is 5.69 Å². The van der Waals surface area contributed by atoms with E-state index in [1.54, 1.807) is 18.2 Å². The van der Waals surface area contributed by atoms with Gasteiger partial charge in [0.2, 0.25) is 0 Å². The van der Waals surface area contributed by atoms with Crippen LogP contribution in [0.15, 0.2) is 35.1 Å². The van der Waals surface area contributed by atoms with Gasteiger partial charge >= 0.3 is 0 Å². The van der Waals surface area contributed by atoms with E-state index in [9.17, 15) is 4.39 Å². The zero-order valence-corrected chi connectivity index (χ0v) is 9.17. The van der Waals surface area contributed by atoms with Gasteiger partial charge in [0.15, 0.2) is 0 Å². The van der Waals surface area contributed by atoms with Crippen molar-refractivity contribution in [2.75, 3.05) is 0 Å². The van der Waals surface area contributed by atoms with Crippen LogP contribution < -0.4 is 5.32 Å². The number of hydrogen-bond donors (Lipinski definition) is 1. The fourth-order valence-corrected chi connectivity index (χ4v) is 1.48. The van der Waals surface area contributed by atoms with Gasteiger partial charge in [-0.2, -0.15) is 0 Å². The Morgan fingerprint density at radius 1 is 1.31 bits per heavy atom. The predicted octanol–water partition coefficient (Wildman–Crippen LogP) is 2.76. The molecule has 5 heteroatoms. The van der Waals surface area contributed by atoms with E-state index in [0.717, 1.165) is 5.69 Å². The van der Waals surface area contributed by atoms with Crippen molar-refractivity contribution in [3.63, 3.8) is 0 Å². The van der Waals surface area contributed by atoms with Gasteiger partial charge in [0.1, 0.15) is 12.1 Å². The van der Waals surface area contributed by atoms with Gasteiger partial charge in [0.25, 0.3) is 0 Å². The smallest absolute Gasteiger partial charge is 0.129 e. The van der Waals surface area contributed by atoms with Gasteiger partial charge < -0.3 is 9.84 Å². The van der Waals surface area contributed by atoms with Crippen LogP contribution in [0.3, 0.4) is 0 Å². The number of hydrogen-bond acceptors (Lipinski definition) is 3. The Balaban J connectivity index is 1.90. The van der Waals surface area contributed by atoms with Crippen molar-refractivity contribution in [3.05, 3.63) is 52.6 Å². The molecule has 2 rings (SSSR count). The van der Waals surface area contributed by atoms with Crippen LogP contribution in [0.1, 0.15) is 11.3 Å². The van der Waals surface area contributed by atoms with Crippen molar-refractivity contribution in [2.45, 2.75) is 13.1 Å². The molecule has 1 aromatic carbocycles. The van der Waals surface area contributed by atoms with Crippen LogP contribution in [0.25, 0.3) is 0 Å². The van der Waals surface area contributed by atoms with Crippen LogP contribution in [0.4, 0.5) is 4.39 Å². The highest BCUT2D eigenvalue weighted by atomic mass is 35.5. The Morgan fingerprint density at radius 2 is 2.19 bits per heavy atom. The minimum atomic E-state index is -0.305. The van der Waals surface area contributed by atoms with Crippen LogP contribution in [0.2, 0.25) is 5.02 Å². The monoisotopic (exact) mass is 240 g/mol. The molecule has 0 aliphatic heterocycles. The Kier molecular flexibility index (Phi) is 3.54. The van der Waals surface area contributed by atoms with Gasteiger partial charge in [-0.1, -0.05) is 22.8 Å². The van der Waals surface area contributed by atoms with E-state index in [-0.39, 0.29) is 5.82 Å². The summed E-state index contributed by atoms with van der Waals surface area (Å²) in [4.78, 5) is 0. The lowest BCUT2D eigenvalue weighted by Gasteiger charge is -2.04. The molecule has 0 aliphatic carbocycles. The zero-order chi connectivity index (χ0) is 11.4. The van der Waals surface area contributed by atoms with Crippen molar-refractivity contribution in [2.24, 2.45) is 0 Å². The summed E-state index contributed by atoms with van der Waals surface area (Å²) in [7, 11) is 0. The van der Waals surface area contributed by atoms with Crippen molar-refractivity contribution in [3.8, 4) is 0 Å². The SMILES string of the molecule is Fc1cc(Cl)ccc1CNCc1ccon1. The first-order chi connectivity index (χ1) is 7.75. The minimum Gasteiger partial charge on any atom is -0.364 e. The highest BCUT2D eigenvalue weighted by molar-refractivity contribution is 6.30. The summed E-state index contributed by atoms with van der Waals surface area (Å²) in [5.41, 5.74) is 1.36. The highest BCUT2D eigenvalue weighted by Crippen LogP contribution is 2.14. The Labute approximate surface area is 97.2 Å². The second-order valence-electron chi connectivity index (χ2n) is 3.33. The topological polar surface area (TPSA) is 38.1 Å². The summed E-state index contributed by atoms with van der Waals surface area (Å²) in [6.45, 7) is 0.967. The molecule has 0 saturated heterocycles. The Morgan fingerprint density at radius 3 is 2.88 bits per heavy atom. The molecule has 0 unspecified atom stereocenters. The molecule has 0 bridgehead atoms. The molecule has 0 atom stereocenters. The normalized spacial score (nSPS) is 10.6. The third-order valence-electron chi connectivity index (χ3n) is 2.13. The standard InChI is InChI=1S/C11H10ClFN2O/c12-9-2-1-8(11(13)5-9)6-14-7-10-3-4-16-15-10/h1-5,14H,6-7H2. The number of halogens is 2. The maximum atomic E-state index is 13.4. The lowest BCUT2D eigenvalue weighted by atomic mass is 10.2. The minimum absolute atomic E-state index is 0.305. The van der Waals surface area contributed by atoms with E-state index in [4.69, 9.17) is 11.6 Å². The lowest BCUT2D eigenvalue weighted by molar-refractivity contribution is 0.408. The van der Waals surface area contributed by atoms with E-state index in [0.29, 0.717) is 23.7 Å². The number of nitrogens with one attached hydrogen (secondary N) is 1. The first-order valence-electron chi connectivity index (χ1n) is 4.79. The van der Waals surface area contributed by atoms with Crippen LogP contribution in [-0.2, 0) is 13.1 Å². The van der Waals surface area contributed by atoms with Gasteiger partial charge in [-0.25, -0.2) is 4.39 Å². The molecule has 0 radical (unpaired) electrons. The molecule has 16 heavy (non-hydrogen) atoms. The first kappa shape index (κ1) is 11.1. The molecule has 3 nitrogen and oxygen atoms in total. The van der Waals surface area contributed by atoms with Crippen LogP contribution in [0.5, 0.6) is 0 Å². The lowest BCUT2D eigenvalue weighted by Crippen LogP contribution is -2.13. The molecule has 0 amide bonds. The summed E-state index contributed by atoms with van der Waals surface area (Å²) in [5, 5.41) is 7.19. The maximum absolute atomic E-state index is 13.4. The van der Waals surface area contributed by atoms with Crippen LogP contribution in [-0.4, -0.2) is 5.16 Å². The third-order valence-corrected chi connectivity index (χ3v) is 2.36. The fourth-order valence-electron chi connectivity index (χ4n) is 1.32. The number of benzene rings is 1. The molecule has 1 aromatic heterocycles. The Hall–Kier alpha value is -1.39. The second kappa shape index (κ2) is 5.09. The molecule has 1 heterocycles. The third kappa shape index (κ3) is 2.81. The molecule has 84 valence electrons. The van der Waals surface area contributed by atoms with Gasteiger partial charge in [-0.05, 0) is 12.1 Å². The van der Waals surface area contributed by atoms with E-state index < -0.39 is 0 Å². The molecular formula is C11H10ClFN2O. The van der Waals surface area contributed by atoms with Crippen molar-refractivity contribution in [1.29, 1.82) is 0 Å². The summed E-state index contributed by atoms with van der Waals surface area (Å²) in [5.74, 6) is -0.305. The van der Waals surface area contributed by atoms with Crippen LogP contribution >= 0.6 is 11.6 Å². The Bertz CT molecular complexity index is 459. The molecular weight excluding hydrogens is 231 g/mol. The number of nitrogens with zero attached hydrogens (tertiary/aromatic N) is 1. The number of aromatic nitrogens is 1. The summed E-state index contributed by atoms with van der Waals surface area (Å²) >= 11 is 5.65. The molecule has 1 N–H and O–H groups in total. The summed E-state index contributed by atoms with van der Waals surface area (Å²) < 4.78 is 18.0. The maximum Gasteiger partial charge on any atom is 0.129 e. The highest BCUT2D eigenvalue weighted by Gasteiger charge is 2.03. The van der Waals surface area contributed by atoms with Crippen LogP contribution in [0, 0.1) is 5.82 Å². The quantitative estimate of drug-likeness (QED) is 0.893. The van der Waals surface area contributed by atoms with Crippen molar-refractivity contribution in [1.82, 2.24) is 10.5 Å². The molecule has 0 fully saturated rings. The largest absolute Gasteiger partial charge is 0.364 e. The molecule has 0 spiro atoms. The molecule has 0 saturated carbocycles. The zero-order valence-electron chi connectivity index (χ0n) is 8.41. The number of rotatable bonds is 4. The molecule has 0 aliphatic rings. The van der Waals surface area contributed by atoms with Gasteiger partial charge in [0, 0.05) is 29.7 Å². The summed E-state index contributed by atoms with van der Waals surface area (Å²) in [6.07, 6.45) is 1.50. The van der Waals surface area contributed by atoms with Gasteiger partial charge in [-0.15, -0.1) is 0 Å². The average molecular weight is 241 g/mol. The van der Waals surface area contributed by atoms with Gasteiger partial charge in [-0.3, -0.25) is 0 Å². The predicted molar refractivity (Wildman–Crippen MR) is 58.5 cm³/mol. The van der Waals surface area contributed by atoms with E-state index in [1.807, 2.05) is 0 Å². The van der Waals surface area contributed by atoms with E-state index in [2.05, 4.69) is 15.0 Å². The fraction of sp³-hybridized carbons (Fsp3) is 0.182. The van der Waals surface area contributed by atoms with E-state index >= 15 is 0 Å². The second-order valence-corrected chi connectivity index (χ2v) is 3.77. The molecule has 2 aromatic rings. The first-order valence-corrected chi connectivity index (χ1v) is 5.17. The average Bonchev–Trinajstić information content (AvgIpc) is 2.74. The van der Waals surface area contributed by atoms with Crippen molar-refractivity contribution < 1.29 is 8.91 Å².